The Labute approximate surface area is 144 Å². The van der Waals surface area contributed by atoms with Crippen LogP contribution in [0.5, 0.6) is 0 Å². The molecule has 0 aliphatic carbocycles. The summed E-state index contributed by atoms with van der Waals surface area (Å²) in [4.78, 5) is 2.40. The highest BCUT2D eigenvalue weighted by Gasteiger charge is 2.23. The van der Waals surface area contributed by atoms with Crippen molar-refractivity contribution in [1.82, 2.24) is 0 Å². The minimum absolute atomic E-state index is 0.542. The van der Waals surface area contributed by atoms with Gasteiger partial charge in [0.1, 0.15) is 0 Å². The topological polar surface area (TPSA) is 39.1 Å². The lowest BCUT2D eigenvalue weighted by Crippen LogP contribution is -2.34. The van der Waals surface area contributed by atoms with Gasteiger partial charge < -0.3 is 10.2 Å². The van der Waals surface area contributed by atoms with Gasteiger partial charge in [-0.25, -0.2) is 0 Å². The second-order valence-corrected chi connectivity index (χ2v) is 6.25. The molecule has 3 rings (SSSR count). The minimum Gasteiger partial charge on any atom is -0.386 e. The Morgan fingerprint density at radius 3 is 2.50 bits per heavy atom. The van der Waals surface area contributed by atoms with E-state index in [9.17, 15) is 0 Å². The van der Waals surface area contributed by atoms with E-state index in [2.05, 4.69) is 53.2 Å². The Hall–Kier alpha value is -2.73. The lowest BCUT2D eigenvalue weighted by atomic mass is 9.86. The molecular formula is C21H23N3. The van der Waals surface area contributed by atoms with E-state index < -0.39 is 0 Å². The SMILES string of the molecule is C=C(c1ccccc1)C1CCN(c2ccc(C#N)cc2NC)CC1. The van der Waals surface area contributed by atoms with E-state index in [0.717, 1.165) is 31.6 Å². The molecule has 0 atom stereocenters. The van der Waals surface area contributed by atoms with Gasteiger partial charge in [-0.15, -0.1) is 0 Å². The van der Waals surface area contributed by atoms with Crippen LogP contribution in [0.15, 0.2) is 55.1 Å². The monoisotopic (exact) mass is 317 g/mol. The standard InChI is InChI=1S/C21H23N3/c1-16(18-6-4-3-5-7-18)19-10-12-24(13-11-19)21-9-8-17(15-22)14-20(21)23-2/h3-9,14,19,23H,1,10-13H2,2H3. The molecule has 2 aromatic rings. The molecule has 0 amide bonds. The molecule has 1 N–H and O–H groups in total. The van der Waals surface area contributed by atoms with Crippen LogP contribution in [0.4, 0.5) is 11.4 Å². The van der Waals surface area contributed by atoms with Crippen molar-refractivity contribution in [1.29, 1.82) is 5.26 Å². The summed E-state index contributed by atoms with van der Waals surface area (Å²) < 4.78 is 0. The first-order valence-corrected chi connectivity index (χ1v) is 8.44. The second kappa shape index (κ2) is 7.23. The minimum atomic E-state index is 0.542. The zero-order valence-electron chi connectivity index (χ0n) is 14.1. The van der Waals surface area contributed by atoms with E-state index in [1.165, 1.54) is 16.8 Å². The maximum atomic E-state index is 9.06. The molecule has 1 aliphatic rings. The van der Waals surface area contributed by atoms with E-state index in [-0.39, 0.29) is 0 Å². The number of nitriles is 1. The molecule has 1 aliphatic heterocycles. The maximum absolute atomic E-state index is 9.06. The van der Waals surface area contributed by atoms with Gasteiger partial charge in [0.25, 0.3) is 0 Å². The van der Waals surface area contributed by atoms with E-state index in [1.807, 2.05) is 25.2 Å². The molecule has 1 heterocycles. The fourth-order valence-corrected chi connectivity index (χ4v) is 3.44. The molecular weight excluding hydrogens is 294 g/mol. The smallest absolute Gasteiger partial charge is 0.0992 e. The number of nitrogens with zero attached hydrogens (tertiary/aromatic N) is 2. The summed E-state index contributed by atoms with van der Waals surface area (Å²) in [6.45, 7) is 6.36. The molecule has 0 saturated carbocycles. The summed E-state index contributed by atoms with van der Waals surface area (Å²) in [6, 6.07) is 18.6. The maximum Gasteiger partial charge on any atom is 0.0992 e. The van der Waals surface area contributed by atoms with Crippen molar-refractivity contribution in [3.8, 4) is 6.07 Å². The lowest BCUT2D eigenvalue weighted by Gasteiger charge is -2.35. The summed E-state index contributed by atoms with van der Waals surface area (Å²) in [5.41, 5.74) is 5.40. The molecule has 0 radical (unpaired) electrons. The molecule has 122 valence electrons. The van der Waals surface area contributed by atoms with Gasteiger partial charge in [0.15, 0.2) is 0 Å². The van der Waals surface area contributed by atoms with E-state index in [4.69, 9.17) is 5.26 Å². The van der Waals surface area contributed by atoms with Gasteiger partial charge in [-0.3, -0.25) is 0 Å². The van der Waals surface area contributed by atoms with Gasteiger partial charge >= 0.3 is 0 Å². The van der Waals surface area contributed by atoms with Crippen LogP contribution in [0.1, 0.15) is 24.0 Å². The molecule has 0 spiro atoms. The van der Waals surface area contributed by atoms with Crippen LogP contribution in [0, 0.1) is 17.2 Å². The summed E-state index contributed by atoms with van der Waals surface area (Å²) >= 11 is 0. The molecule has 1 saturated heterocycles. The number of anilines is 2. The Kier molecular flexibility index (Phi) is 4.86. The van der Waals surface area contributed by atoms with Crippen LogP contribution >= 0.6 is 0 Å². The third-order valence-corrected chi connectivity index (χ3v) is 4.87. The summed E-state index contributed by atoms with van der Waals surface area (Å²) in [6.07, 6.45) is 2.22. The Bertz CT molecular complexity index is 750. The van der Waals surface area contributed by atoms with Crippen molar-refractivity contribution < 1.29 is 0 Å². The first-order valence-electron chi connectivity index (χ1n) is 8.44. The summed E-state index contributed by atoms with van der Waals surface area (Å²) in [5, 5.41) is 12.3. The van der Waals surface area contributed by atoms with Gasteiger partial charge in [0, 0.05) is 20.1 Å². The molecule has 1 fully saturated rings. The first kappa shape index (κ1) is 16.1. The van der Waals surface area contributed by atoms with E-state index in [1.54, 1.807) is 0 Å². The van der Waals surface area contributed by atoms with Crippen molar-refractivity contribution in [3.05, 3.63) is 66.2 Å². The van der Waals surface area contributed by atoms with Crippen LogP contribution < -0.4 is 10.2 Å². The number of benzene rings is 2. The molecule has 0 bridgehead atoms. The number of rotatable bonds is 4. The zero-order chi connectivity index (χ0) is 16.9. The van der Waals surface area contributed by atoms with Crippen LogP contribution in [-0.4, -0.2) is 20.1 Å². The number of hydrogen-bond donors (Lipinski definition) is 1. The van der Waals surface area contributed by atoms with Gasteiger partial charge in [-0.2, -0.15) is 5.26 Å². The number of allylic oxidation sites excluding steroid dienone is 1. The third-order valence-electron chi connectivity index (χ3n) is 4.87. The van der Waals surface area contributed by atoms with Gasteiger partial charge in [-0.05, 0) is 48.1 Å². The average Bonchev–Trinajstić information content (AvgIpc) is 2.67. The third kappa shape index (κ3) is 3.28. The molecule has 0 unspecified atom stereocenters. The van der Waals surface area contributed by atoms with Crippen molar-refractivity contribution in [2.24, 2.45) is 5.92 Å². The quantitative estimate of drug-likeness (QED) is 0.900. The van der Waals surface area contributed by atoms with Crippen LogP contribution in [0.3, 0.4) is 0 Å². The fraction of sp³-hybridized carbons (Fsp3) is 0.286. The number of nitrogens with one attached hydrogen (secondary N) is 1. The van der Waals surface area contributed by atoms with Crippen molar-refractivity contribution in [2.45, 2.75) is 12.8 Å². The van der Waals surface area contributed by atoms with Crippen molar-refractivity contribution in [2.75, 3.05) is 30.4 Å². The van der Waals surface area contributed by atoms with Crippen molar-refractivity contribution in [3.63, 3.8) is 0 Å². The Balaban J connectivity index is 1.69. The summed E-state index contributed by atoms with van der Waals surface area (Å²) in [7, 11) is 1.91. The number of piperidine rings is 1. The van der Waals surface area contributed by atoms with Crippen molar-refractivity contribution >= 4 is 16.9 Å². The Morgan fingerprint density at radius 1 is 1.17 bits per heavy atom. The highest BCUT2D eigenvalue weighted by atomic mass is 15.1. The molecule has 2 aromatic carbocycles. The highest BCUT2D eigenvalue weighted by molar-refractivity contribution is 5.72. The van der Waals surface area contributed by atoms with Crippen LogP contribution in [0.2, 0.25) is 0 Å². The van der Waals surface area contributed by atoms with Crippen LogP contribution in [0.25, 0.3) is 5.57 Å². The van der Waals surface area contributed by atoms with Crippen LogP contribution in [-0.2, 0) is 0 Å². The first-order chi connectivity index (χ1) is 11.7. The van der Waals surface area contributed by atoms with E-state index >= 15 is 0 Å². The molecule has 24 heavy (non-hydrogen) atoms. The van der Waals surface area contributed by atoms with E-state index in [0.29, 0.717) is 11.5 Å². The molecule has 0 aromatic heterocycles. The largest absolute Gasteiger partial charge is 0.386 e. The average molecular weight is 317 g/mol. The van der Waals surface area contributed by atoms with Gasteiger partial charge in [-0.1, -0.05) is 36.9 Å². The second-order valence-electron chi connectivity index (χ2n) is 6.25. The zero-order valence-corrected chi connectivity index (χ0v) is 14.1. The number of hydrogen-bond acceptors (Lipinski definition) is 3. The highest BCUT2D eigenvalue weighted by Crippen LogP contribution is 2.34. The summed E-state index contributed by atoms with van der Waals surface area (Å²) in [5.74, 6) is 0.542. The molecule has 3 nitrogen and oxygen atoms in total. The predicted octanol–water partition coefficient (Wildman–Crippen LogP) is 4.53. The fourth-order valence-electron chi connectivity index (χ4n) is 3.44. The molecule has 3 heteroatoms. The lowest BCUT2D eigenvalue weighted by molar-refractivity contribution is 0.491. The Morgan fingerprint density at radius 2 is 1.88 bits per heavy atom. The van der Waals surface area contributed by atoms with Gasteiger partial charge in [0.05, 0.1) is 23.0 Å². The normalized spacial score (nSPS) is 14.9. The predicted molar refractivity (Wildman–Crippen MR) is 101 cm³/mol. The van der Waals surface area contributed by atoms with Gasteiger partial charge in [0.2, 0.25) is 0 Å².